The molecule has 0 saturated carbocycles. The Morgan fingerprint density at radius 2 is 1.92 bits per heavy atom. The minimum atomic E-state index is -3.13. The van der Waals surface area contributed by atoms with Crippen LogP contribution in [0.3, 0.4) is 0 Å². The number of allylic oxidation sites excluding steroid dienone is 1. The van der Waals surface area contributed by atoms with E-state index in [9.17, 15) is 13.6 Å². The molecule has 0 radical (unpaired) electrons. The highest BCUT2D eigenvalue weighted by Crippen LogP contribution is 2.37. The lowest BCUT2D eigenvalue weighted by Gasteiger charge is -2.31. The summed E-state index contributed by atoms with van der Waals surface area (Å²) in [7, 11) is 0. The van der Waals surface area contributed by atoms with Crippen molar-refractivity contribution in [2.45, 2.75) is 25.2 Å². The molecule has 0 amide bonds. The smallest absolute Gasteiger partial charge is 0.349 e. The van der Waals surface area contributed by atoms with Crippen LogP contribution in [0.2, 0.25) is 0 Å². The number of halogens is 2. The van der Waals surface area contributed by atoms with E-state index in [-0.39, 0.29) is 5.57 Å². The van der Waals surface area contributed by atoms with E-state index < -0.39 is 17.3 Å². The van der Waals surface area contributed by atoms with Crippen molar-refractivity contribution < 1.29 is 18.7 Å². The molecule has 0 aliphatic rings. The van der Waals surface area contributed by atoms with Gasteiger partial charge in [-0.3, -0.25) is 0 Å². The fraction of sp³-hybridized carbons (Fsp3) is 0.444. The lowest BCUT2D eigenvalue weighted by Crippen LogP contribution is -2.50. The van der Waals surface area contributed by atoms with Crippen LogP contribution >= 0.6 is 0 Å². The predicted octanol–water partition coefficient (Wildman–Crippen LogP) is 2.27. The molecule has 74 valence electrons. The van der Waals surface area contributed by atoms with Crippen molar-refractivity contribution in [3.05, 3.63) is 24.8 Å². The van der Waals surface area contributed by atoms with Crippen molar-refractivity contribution in [3.8, 4) is 0 Å². The summed E-state index contributed by atoms with van der Waals surface area (Å²) in [6.45, 7) is 8.21. The fourth-order valence-electron chi connectivity index (χ4n) is 0.790. The van der Waals surface area contributed by atoms with Gasteiger partial charge in [-0.15, -0.1) is 0 Å². The van der Waals surface area contributed by atoms with Crippen LogP contribution in [0.4, 0.5) is 8.78 Å². The first kappa shape index (κ1) is 11.8. The number of carbonyl (C=O) groups is 1. The van der Waals surface area contributed by atoms with E-state index in [1.54, 1.807) is 0 Å². The Morgan fingerprint density at radius 3 is 2.00 bits per heavy atom. The van der Waals surface area contributed by atoms with Crippen molar-refractivity contribution >= 4 is 5.97 Å². The Kier molecular flexibility index (Phi) is 2.98. The van der Waals surface area contributed by atoms with E-state index in [0.717, 1.165) is 6.92 Å². The average molecular weight is 190 g/mol. The first-order chi connectivity index (χ1) is 5.70. The first-order valence-corrected chi connectivity index (χ1v) is 3.61. The Bertz CT molecular complexity index is 258. The summed E-state index contributed by atoms with van der Waals surface area (Å²) in [5, 5.41) is 8.49. The third-order valence-electron chi connectivity index (χ3n) is 2.08. The summed E-state index contributed by atoms with van der Waals surface area (Å²) in [5.41, 5.74) is -5.98. The highest BCUT2D eigenvalue weighted by molar-refractivity contribution is 5.82. The first-order valence-electron chi connectivity index (χ1n) is 3.61. The van der Waals surface area contributed by atoms with Crippen LogP contribution in [0.5, 0.6) is 0 Å². The Hall–Kier alpha value is -1.19. The van der Waals surface area contributed by atoms with E-state index in [0.29, 0.717) is 6.08 Å². The number of hydrogen-bond donors (Lipinski definition) is 1. The summed E-state index contributed by atoms with van der Waals surface area (Å²) in [5.74, 6) is -1.91. The SMILES string of the molecule is C=CC(F)(C(=O)O)C(C)(F)C(=C)C. The molecule has 0 aromatic carbocycles. The topological polar surface area (TPSA) is 37.3 Å². The van der Waals surface area contributed by atoms with Crippen molar-refractivity contribution in [3.63, 3.8) is 0 Å². The molecule has 13 heavy (non-hydrogen) atoms. The van der Waals surface area contributed by atoms with Crippen molar-refractivity contribution in [2.24, 2.45) is 0 Å². The predicted molar refractivity (Wildman–Crippen MR) is 46.0 cm³/mol. The monoisotopic (exact) mass is 190 g/mol. The van der Waals surface area contributed by atoms with Crippen LogP contribution in [0.15, 0.2) is 24.8 Å². The van der Waals surface area contributed by atoms with Crippen LogP contribution in [0.1, 0.15) is 13.8 Å². The third kappa shape index (κ3) is 1.61. The number of aliphatic carboxylic acids is 1. The van der Waals surface area contributed by atoms with Gasteiger partial charge in [0, 0.05) is 0 Å². The van der Waals surface area contributed by atoms with E-state index >= 15 is 0 Å². The van der Waals surface area contributed by atoms with Crippen LogP contribution in [-0.2, 0) is 4.79 Å². The Labute approximate surface area is 75.6 Å². The van der Waals surface area contributed by atoms with Gasteiger partial charge in [-0.2, -0.15) is 0 Å². The molecule has 0 fully saturated rings. The van der Waals surface area contributed by atoms with Crippen LogP contribution < -0.4 is 0 Å². The number of carboxylic acids is 1. The number of alkyl halides is 2. The molecule has 4 heteroatoms. The third-order valence-corrected chi connectivity index (χ3v) is 2.08. The van der Waals surface area contributed by atoms with Gasteiger partial charge in [-0.25, -0.2) is 13.6 Å². The van der Waals surface area contributed by atoms with Gasteiger partial charge < -0.3 is 5.11 Å². The zero-order valence-electron chi connectivity index (χ0n) is 7.60. The molecule has 2 nitrogen and oxygen atoms in total. The molecule has 2 unspecified atom stereocenters. The van der Waals surface area contributed by atoms with Gasteiger partial charge in [0.15, 0.2) is 5.67 Å². The fourth-order valence-corrected chi connectivity index (χ4v) is 0.790. The quantitative estimate of drug-likeness (QED) is 0.690. The Morgan fingerprint density at radius 1 is 1.54 bits per heavy atom. The molecule has 0 aliphatic heterocycles. The van der Waals surface area contributed by atoms with Crippen LogP contribution in [0, 0.1) is 0 Å². The van der Waals surface area contributed by atoms with Gasteiger partial charge >= 0.3 is 5.97 Å². The Balaban J connectivity index is 5.31. The molecule has 0 aromatic heterocycles. The van der Waals surface area contributed by atoms with Crippen molar-refractivity contribution in [2.75, 3.05) is 0 Å². The van der Waals surface area contributed by atoms with Gasteiger partial charge in [-0.1, -0.05) is 13.2 Å². The molecule has 0 spiro atoms. The number of hydrogen-bond acceptors (Lipinski definition) is 1. The summed E-state index contributed by atoms with van der Waals surface area (Å²) in [6.07, 6.45) is 0.435. The number of rotatable bonds is 4. The second-order valence-corrected chi connectivity index (χ2v) is 3.00. The standard InChI is InChI=1S/C9H12F2O2/c1-5-9(11,7(12)13)8(4,10)6(2)3/h5H,1-2H2,3-4H3,(H,12,13). The summed E-state index contributed by atoms with van der Waals surface area (Å²) in [4.78, 5) is 10.5. The minimum absolute atomic E-state index is 0.197. The normalized spacial score (nSPS) is 19.7. The summed E-state index contributed by atoms with van der Waals surface area (Å²) in [6, 6.07) is 0. The molecule has 0 bridgehead atoms. The van der Waals surface area contributed by atoms with Crippen LogP contribution in [-0.4, -0.2) is 22.4 Å². The maximum absolute atomic E-state index is 13.6. The van der Waals surface area contributed by atoms with E-state index in [4.69, 9.17) is 5.11 Å². The zero-order valence-corrected chi connectivity index (χ0v) is 7.60. The second-order valence-electron chi connectivity index (χ2n) is 3.00. The van der Waals surface area contributed by atoms with Gasteiger partial charge in [0.2, 0.25) is 0 Å². The van der Waals surface area contributed by atoms with E-state index in [1.807, 2.05) is 0 Å². The molecule has 0 rings (SSSR count). The maximum Gasteiger partial charge on any atom is 0.349 e. The molecular weight excluding hydrogens is 178 g/mol. The molecule has 0 saturated heterocycles. The van der Waals surface area contributed by atoms with Gasteiger partial charge in [0.05, 0.1) is 0 Å². The molecule has 0 aliphatic carbocycles. The minimum Gasteiger partial charge on any atom is -0.479 e. The van der Waals surface area contributed by atoms with Gasteiger partial charge in [0.1, 0.15) is 0 Å². The summed E-state index contributed by atoms with van der Waals surface area (Å²) >= 11 is 0. The van der Waals surface area contributed by atoms with Gasteiger partial charge in [-0.05, 0) is 25.5 Å². The van der Waals surface area contributed by atoms with Crippen molar-refractivity contribution in [1.29, 1.82) is 0 Å². The average Bonchev–Trinajstić information content (AvgIpc) is 2.01. The lowest BCUT2D eigenvalue weighted by molar-refractivity contribution is -0.154. The summed E-state index contributed by atoms with van der Waals surface area (Å²) < 4.78 is 27.1. The van der Waals surface area contributed by atoms with Gasteiger partial charge in [0.25, 0.3) is 5.67 Å². The van der Waals surface area contributed by atoms with E-state index in [2.05, 4.69) is 13.2 Å². The van der Waals surface area contributed by atoms with Crippen LogP contribution in [0.25, 0.3) is 0 Å². The molecule has 1 N–H and O–H groups in total. The molecular formula is C9H12F2O2. The highest BCUT2D eigenvalue weighted by Gasteiger charge is 2.54. The molecule has 2 atom stereocenters. The van der Waals surface area contributed by atoms with Crippen molar-refractivity contribution in [1.82, 2.24) is 0 Å². The zero-order chi connectivity index (χ0) is 10.9. The lowest BCUT2D eigenvalue weighted by atomic mass is 9.83. The number of carboxylic acid groups (broad SMARTS) is 1. The van der Waals surface area contributed by atoms with E-state index in [1.165, 1.54) is 6.92 Å². The molecule has 0 aromatic rings. The largest absolute Gasteiger partial charge is 0.479 e. The maximum atomic E-state index is 13.6. The highest BCUT2D eigenvalue weighted by atomic mass is 19.2. The second kappa shape index (κ2) is 3.28. The molecule has 0 heterocycles.